The summed E-state index contributed by atoms with van der Waals surface area (Å²) in [6.45, 7) is 6.82. The van der Waals surface area contributed by atoms with E-state index in [0.29, 0.717) is 16.5 Å². The first-order chi connectivity index (χ1) is 16.3. The highest BCUT2D eigenvalue weighted by atomic mass is 79.9. The lowest BCUT2D eigenvalue weighted by Gasteiger charge is -2.19. The van der Waals surface area contributed by atoms with E-state index in [-0.39, 0.29) is 23.6 Å². The molecule has 3 aromatic carbocycles. The zero-order chi connectivity index (χ0) is 24.1. The van der Waals surface area contributed by atoms with Gasteiger partial charge in [-0.05, 0) is 47.4 Å². The van der Waals surface area contributed by atoms with Crippen molar-refractivity contribution in [1.29, 1.82) is 0 Å². The second-order valence-corrected chi connectivity index (χ2v) is 10.7. The molecule has 4 rings (SSSR count). The van der Waals surface area contributed by atoms with Crippen LogP contribution in [0.3, 0.4) is 0 Å². The number of ketones is 1. The van der Waals surface area contributed by atoms with Crippen LogP contribution in [0.2, 0.25) is 0 Å². The minimum Gasteiger partial charge on any atom is -0.486 e. The molecule has 0 bridgehead atoms. The zero-order valence-corrected chi connectivity index (χ0v) is 21.8. The average Bonchev–Trinajstić information content (AvgIpc) is 3.24. The van der Waals surface area contributed by atoms with Crippen molar-refractivity contribution >= 4 is 33.5 Å². The van der Waals surface area contributed by atoms with Crippen LogP contribution in [-0.4, -0.2) is 26.3 Å². The summed E-state index contributed by atoms with van der Waals surface area (Å²) in [6, 6.07) is 25.4. The smallest absolute Gasteiger partial charge is 0.196 e. The van der Waals surface area contributed by atoms with Crippen LogP contribution in [0.1, 0.15) is 42.5 Å². The predicted octanol–water partition coefficient (Wildman–Crippen LogP) is 6.88. The third-order valence-corrected chi connectivity index (χ3v) is 6.76. The van der Waals surface area contributed by atoms with Crippen LogP contribution in [0.5, 0.6) is 5.75 Å². The minimum absolute atomic E-state index is 0.0387. The molecule has 7 heteroatoms. The first-order valence-corrected chi connectivity index (χ1v) is 12.7. The Labute approximate surface area is 212 Å². The maximum Gasteiger partial charge on any atom is 0.196 e. The largest absolute Gasteiger partial charge is 0.486 e. The van der Waals surface area contributed by atoms with Gasteiger partial charge < -0.3 is 4.74 Å². The summed E-state index contributed by atoms with van der Waals surface area (Å²) >= 11 is 4.77. The molecule has 1 aromatic heterocycles. The van der Waals surface area contributed by atoms with Gasteiger partial charge in [0.1, 0.15) is 12.4 Å². The molecule has 0 unspecified atom stereocenters. The molecule has 0 aliphatic heterocycles. The molecule has 0 fully saturated rings. The normalized spacial score (nSPS) is 11.4. The highest BCUT2D eigenvalue weighted by Gasteiger charge is 2.18. The van der Waals surface area contributed by atoms with E-state index >= 15 is 0 Å². The van der Waals surface area contributed by atoms with Crippen LogP contribution in [0.4, 0.5) is 0 Å². The number of hydrogen-bond acceptors (Lipinski definition) is 5. The number of carbonyl (C=O) groups excluding carboxylic acids is 1. The fourth-order valence-corrected chi connectivity index (χ4v) is 4.50. The van der Waals surface area contributed by atoms with Crippen molar-refractivity contribution in [2.45, 2.75) is 37.9 Å². The maximum absolute atomic E-state index is 12.7. The summed E-state index contributed by atoms with van der Waals surface area (Å²) in [5, 5.41) is 9.39. The number of hydrogen-bond donors (Lipinski definition) is 0. The zero-order valence-electron chi connectivity index (χ0n) is 19.4. The number of halogens is 1. The van der Waals surface area contributed by atoms with E-state index in [4.69, 9.17) is 4.74 Å². The van der Waals surface area contributed by atoms with Gasteiger partial charge >= 0.3 is 0 Å². The Bertz CT molecular complexity index is 1250. The number of thioether (sulfide) groups is 1. The Morgan fingerprint density at radius 3 is 2.26 bits per heavy atom. The summed E-state index contributed by atoms with van der Waals surface area (Å²) in [5.74, 6) is 1.75. The van der Waals surface area contributed by atoms with Gasteiger partial charge in [-0.2, -0.15) is 0 Å². The van der Waals surface area contributed by atoms with E-state index in [1.54, 1.807) is 0 Å². The van der Waals surface area contributed by atoms with Crippen LogP contribution >= 0.6 is 27.7 Å². The summed E-state index contributed by atoms with van der Waals surface area (Å²) in [4.78, 5) is 12.7. The lowest BCUT2D eigenvalue weighted by molar-refractivity contribution is 0.102. The topological polar surface area (TPSA) is 57.0 Å². The number of ether oxygens (including phenoxy) is 1. The van der Waals surface area contributed by atoms with Crippen molar-refractivity contribution in [1.82, 2.24) is 14.8 Å². The van der Waals surface area contributed by atoms with Crippen molar-refractivity contribution in [3.63, 3.8) is 0 Å². The van der Waals surface area contributed by atoms with Crippen molar-refractivity contribution < 1.29 is 9.53 Å². The molecular formula is C27H26BrN3O2S. The Balaban J connectivity index is 1.51. The van der Waals surface area contributed by atoms with Crippen molar-refractivity contribution in [3.05, 3.63) is 100 Å². The van der Waals surface area contributed by atoms with E-state index in [0.717, 1.165) is 15.9 Å². The van der Waals surface area contributed by atoms with Gasteiger partial charge in [-0.3, -0.25) is 9.36 Å². The van der Waals surface area contributed by atoms with E-state index in [1.165, 1.54) is 17.3 Å². The second-order valence-electron chi connectivity index (χ2n) is 8.85. The van der Waals surface area contributed by atoms with Gasteiger partial charge in [0.15, 0.2) is 16.8 Å². The number of nitrogens with zero attached hydrogens (tertiary/aromatic N) is 3. The van der Waals surface area contributed by atoms with Gasteiger partial charge in [0.05, 0.1) is 5.75 Å². The van der Waals surface area contributed by atoms with E-state index in [2.05, 4.69) is 59.0 Å². The van der Waals surface area contributed by atoms with Crippen molar-refractivity contribution in [2.24, 2.45) is 0 Å². The first kappa shape index (κ1) is 24.2. The summed E-state index contributed by atoms with van der Waals surface area (Å²) in [7, 11) is 0. The first-order valence-electron chi connectivity index (χ1n) is 11.0. The standard InChI is InChI=1S/C27H26BrN3O2S/c1-27(2,3)20-11-15-23(16-12-20)33-17-25-29-30-26(31(25)22-7-5-4-6-8-22)34-18-24(32)19-9-13-21(28)14-10-19/h4-16H,17-18H2,1-3H3. The van der Waals surface area contributed by atoms with E-state index in [1.807, 2.05) is 71.3 Å². The minimum atomic E-state index is 0.0387. The summed E-state index contributed by atoms with van der Waals surface area (Å²) in [5.41, 5.74) is 2.93. The van der Waals surface area contributed by atoms with Crippen LogP contribution < -0.4 is 4.74 Å². The Hall–Kier alpha value is -2.90. The SMILES string of the molecule is CC(C)(C)c1ccc(OCc2nnc(SCC(=O)c3ccc(Br)cc3)n2-c2ccccc2)cc1. The third kappa shape index (κ3) is 5.96. The van der Waals surface area contributed by atoms with Crippen LogP contribution in [0.25, 0.3) is 5.69 Å². The molecule has 0 amide bonds. The number of benzene rings is 3. The molecule has 174 valence electrons. The molecule has 0 aliphatic carbocycles. The third-order valence-electron chi connectivity index (χ3n) is 5.30. The molecule has 0 saturated carbocycles. The van der Waals surface area contributed by atoms with Gasteiger partial charge in [0.25, 0.3) is 0 Å². The number of carbonyl (C=O) groups is 1. The van der Waals surface area contributed by atoms with Gasteiger partial charge in [0.2, 0.25) is 0 Å². The maximum atomic E-state index is 12.7. The highest BCUT2D eigenvalue weighted by Crippen LogP contribution is 2.26. The van der Waals surface area contributed by atoms with Gasteiger partial charge in [-0.1, -0.05) is 90.9 Å². The molecule has 0 N–H and O–H groups in total. The van der Waals surface area contributed by atoms with E-state index < -0.39 is 0 Å². The molecular weight excluding hydrogens is 510 g/mol. The van der Waals surface area contributed by atoms with Crippen LogP contribution in [-0.2, 0) is 12.0 Å². The molecule has 4 aromatic rings. The quantitative estimate of drug-likeness (QED) is 0.182. The molecule has 34 heavy (non-hydrogen) atoms. The fraction of sp³-hybridized carbons (Fsp3) is 0.222. The summed E-state index contributed by atoms with van der Waals surface area (Å²) in [6.07, 6.45) is 0. The Morgan fingerprint density at radius 2 is 1.62 bits per heavy atom. The number of Topliss-reactive ketones (excluding diaryl/α,β-unsaturated/α-hetero) is 1. The molecule has 0 spiro atoms. The Kier molecular flexibility index (Phi) is 7.54. The lowest BCUT2D eigenvalue weighted by Crippen LogP contribution is -2.11. The predicted molar refractivity (Wildman–Crippen MR) is 140 cm³/mol. The molecule has 0 radical (unpaired) electrons. The van der Waals surface area contributed by atoms with E-state index in [9.17, 15) is 4.79 Å². The molecule has 0 aliphatic rings. The second kappa shape index (κ2) is 10.6. The molecule has 0 atom stereocenters. The lowest BCUT2D eigenvalue weighted by atomic mass is 9.87. The average molecular weight is 536 g/mol. The van der Waals surface area contributed by atoms with Crippen molar-refractivity contribution in [3.8, 4) is 11.4 Å². The number of aromatic nitrogens is 3. The molecule has 0 saturated heterocycles. The Morgan fingerprint density at radius 1 is 0.941 bits per heavy atom. The summed E-state index contributed by atoms with van der Waals surface area (Å²) < 4.78 is 8.93. The number of para-hydroxylation sites is 1. The fourth-order valence-electron chi connectivity index (χ4n) is 3.37. The van der Waals surface area contributed by atoms with Gasteiger partial charge in [-0.15, -0.1) is 10.2 Å². The monoisotopic (exact) mass is 535 g/mol. The van der Waals surface area contributed by atoms with Crippen molar-refractivity contribution in [2.75, 3.05) is 5.75 Å². The van der Waals surface area contributed by atoms with Gasteiger partial charge in [0, 0.05) is 15.7 Å². The molecule has 5 nitrogen and oxygen atoms in total. The highest BCUT2D eigenvalue weighted by molar-refractivity contribution is 9.10. The number of rotatable bonds is 8. The molecule has 1 heterocycles. The van der Waals surface area contributed by atoms with Crippen LogP contribution in [0, 0.1) is 0 Å². The van der Waals surface area contributed by atoms with Gasteiger partial charge in [-0.25, -0.2) is 0 Å². The van der Waals surface area contributed by atoms with Crippen LogP contribution in [0.15, 0.2) is 88.5 Å².